The van der Waals surface area contributed by atoms with Gasteiger partial charge in [-0.25, -0.2) is 0 Å². The summed E-state index contributed by atoms with van der Waals surface area (Å²) in [6.45, 7) is 0. The Hall–Kier alpha value is -2.05. The van der Waals surface area contributed by atoms with Crippen LogP contribution in [0.4, 0.5) is 11.5 Å². The van der Waals surface area contributed by atoms with Gasteiger partial charge in [0.15, 0.2) is 0 Å². The lowest BCUT2D eigenvalue weighted by Crippen LogP contribution is -1.99. The van der Waals surface area contributed by atoms with E-state index in [9.17, 15) is 10.1 Å². The molecule has 0 saturated carbocycles. The molecule has 0 fully saturated rings. The van der Waals surface area contributed by atoms with Crippen LogP contribution in [0.2, 0.25) is 10.0 Å². The van der Waals surface area contributed by atoms with E-state index >= 15 is 0 Å². The minimum atomic E-state index is -0.625. The average Bonchev–Trinajstić information content (AvgIpc) is 2.33. The highest BCUT2D eigenvalue weighted by molar-refractivity contribution is 6.34. The molecule has 2 N–H and O–H groups in total. The summed E-state index contributed by atoms with van der Waals surface area (Å²) in [4.78, 5) is 14.0. The number of aromatic nitrogens is 1. The first kappa shape index (κ1) is 13.4. The molecule has 98 valence electrons. The minimum Gasteiger partial charge on any atom is -0.432 e. The van der Waals surface area contributed by atoms with Crippen molar-refractivity contribution in [3.8, 4) is 11.6 Å². The minimum absolute atomic E-state index is 0.0961. The second-order valence-corrected chi connectivity index (χ2v) is 4.34. The van der Waals surface area contributed by atoms with Crippen molar-refractivity contribution in [1.82, 2.24) is 4.98 Å². The second kappa shape index (κ2) is 5.29. The summed E-state index contributed by atoms with van der Waals surface area (Å²) >= 11 is 11.7. The molecule has 0 saturated heterocycles. The predicted molar refractivity (Wildman–Crippen MR) is 71.8 cm³/mol. The fourth-order valence-corrected chi connectivity index (χ4v) is 1.64. The van der Waals surface area contributed by atoms with Gasteiger partial charge in [-0.15, -0.1) is 0 Å². The van der Waals surface area contributed by atoms with Crippen LogP contribution in [0.15, 0.2) is 30.3 Å². The molecule has 0 radical (unpaired) electrons. The third-order valence-electron chi connectivity index (χ3n) is 2.16. The molecule has 0 bridgehead atoms. The molecule has 0 spiro atoms. The molecule has 1 aromatic heterocycles. The molecule has 1 aromatic carbocycles. The number of hydrogen-bond donors (Lipinski definition) is 1. The van der Waals surface area contributed by atoms with Gasteiger partial charge in [0, 0.05) is 17.2 Å². The number of anilines is 1. The quantitative estimate of drug-likeness (QED) is 0.689. The van der Waals surface area contributed by atoms with Gasteiger partial charge in [-0.1, -0.05) is 23.2 Å². The average molecular weight is 300 g/mol. The van der Waals surface area contributed by atoms with Crippen LogP contribution in [0.3, 0.4) is 0 Å². The second-order valence-electron chi connectivity index (χ2n) is 3.49. The first-order valence-electron chi connectivity index (χ1n) is 5.01. The first-order valence-corrected chi connectivity index (χ1v) is 5.77. The molecule has 8 heteroatoms. The van der Waals surface area contributed by atoms with Gasteiger partial charge in [-0.3, -0.25) is 10.1 Å². The zero-order chi connectivity index (χ0) is 14.0. The third kappa shape index (κ3) is 3.04. The highest BCUT2D eigenvalue weighted by Gasteiger charge is 2.19. The SMILES string of the molecule is Nc1ccc([N+](=O)[O-])c(Oc2cc(Cl)ccc2Cl)n1. The van der Waals surface area contributed by atoms with Gasteiger partial charge < -0.3 is 10.5 Å². The van der Waals surface area contributed by atoms with Crippen LogP contribution >= 0.6 is 23.2 Å². The van der Waals surface area contributed by atoms with E-state index in [4.69, 9.17) is 33.7 Å². The van der Waals surface area contributed by atoms with E-state index in [1.807, 2.05) is 0 Å². The Morgan fingerprint density at radius 3 is 2.68 bits per heavy atom. The lowest BCUT2D eigenvalue weighted by Gasteiger charge is -2.07. The van der Waals surface area contributed by atoms with Crippen LogP contribution in [0, 0.1) is 10.1 Å². The highest BCUT2D eigenvalue weighted by Crippen LogP contribution is 2.35. The lowest BCUT2D eigenvalue weighted by molar-refractivity contribution is -0.386. The van der Waals surface area contributed by atoms with Gasteiger partial charge in [-0.2, -0.15) is 4.98 Å². The van der Waals surface area contributed by atoms with Crippen molar-refractivity contribution >= 4 is 34.7 Å². The zero-order valence-corrected chi connectivity index (χ0v) is 10.9. The van der Waals surface area contributed by atoms with Crippen molar-refractivity contribution in [3.05, 3.63) is 50.5 Å². The molecule has 0 aliphatic carbocycles. The molecule has 0 unspecified atom stereocenters. The van der Waals surface area contributed by atoms with Gasteiger partial charge in [0.25, 0.3) is 0 Å². The van der Waals surface area contributed by atoms with E-state index in [-0.39, 0.29) is 28.2 Å². The molecule has 2 aromatic rings. The molecule has 0 amide bonds. The van der Waals surface area contributed by atoms with E-state index in [2.05, 4.69) is 4.98 Å². The van der Waals surface area contributed by atoms with Crippen LogP contribution in [-0.2, 0) is 0 Å². The van der Waals surface area contributed by atoms with Crippen molar-refractivity contribution in [2.75, 3.05) is 5.73 Å². The number of nitrogens with zero attached hydrogens (tertiary/aromatic N) is 2. The lowest BCUT2D eigenvalue weighted by atomic mass is 10.3. The third-order valence-corrected chi connectivity index (χ3v) is 2.71. The Labute approximate surface area is 117 Å². The molecular formula is C11H7Cl2N3O3. The maximum Gasteiger partial charge on any atom is 0.331 e. The van der Waals surface area contributed by atoms with Gasteiger partial charge in [0.05, 0.1) is 9.95 Å². The van der Waals surface area contributed by atoms with Crippen molar-refractivity contribution in [2.24, 2.45) is 0 Å². The Bertz CT molecular complexity index is 649. The fraction of sp³-hybridized carbons (Fsp3) is 0. The smallest absolute Gasteiger partial charge is 0.331 e. The van der Waals surface area contributed by atoms with Crippen molar-refractivity contribution in [1.29, 1.82) is 0 Å². The van der Waals surface area contributed by atoms with Gasteiger partial charge in [0.1, 0.15) is 11.6 Å². The Kier molecular flexibility index (Phi) is 3.73. The summed E-state index contributed by atoms with van der Waals surface area (Å²) in [6.07, 6.45) is 0. The first-order chi connectivity index (χ1) is 8.97. The Morgan fingerprint density at radius 1 is 1.26 bits per heavy atom. The Balaban J connectivity index is 2.45. The molecule has 6 nitrogen and oxygen atoms in total. The summed E-state index contributed by atoms with van der Waals surface area (Å²) in [5, 5.41) is 11.5. The normalized spacial score (nSPS) is 10.2. The molecular weight excluding hydrogens is 293 g/mol. The summed E-state index contributed by atoms with van der Waals surface area (Å²) in [6, 6.07) is 7.02. The van der Waals surface area contributed by atoms with Crippen LogP contribution in [0.25, 0.3) is 0 Å². The van der Waals surface area contributed by atoms with E-state index < -0.39 is 4.92 Å². The summed E-state index contributed by atoms with van der Waals surface area (Å²) < 4.78 is 5.31. The van der Waals surface area contributed by atoms with Gasteiger partial charge >= 0.3 is 11.6 Å². The number of nitrogens with two attached hydrogens (primary N) is 1. The van der Waals surface area contributed by atoms with Crippen LogP contribution in [0.5, 0.6) is 11.6 Å². The number of nitro groups is 1. The number of hydrogen-bond acceptors (Lipinski definition) is 5. The molecule has 2 rings (SSSR count). The van der Waals surface area contributed by atoms with E-state index in [0.717, 1.165) is 0 Å². The number of ether oxygens (including phenoxy) is 1. The molecule has 1 heterocycles. The number of rotatable bonds is 3. The molecule has 19 heavy (non-hydrogen) atoms. The van der Waals surface area contributed by atoms with Crippen LogP contribution < -0.4 is 10.5 Å². The number of pyridine rings is 1. The van der Waals surface area contributed by atoms with Crippen LogP contribution in [0.1, 0.15) is 0 Å². The number of benzene rings is 1. The fourth-order valence-electron chi connectivity index (χ4n) is 1.32. The summed E-state index contributed by atoms with van der Waals surface area (Å²) in [5.41, 5.74) is 5.16. The van der Waals surface area contributed by atoms with Crippen LogP contribution in [-0.4, -0.2) is 9.91 Å². The molecule has 0 atom stereocenters. The van der Waals surface area contributed by atoms with Crippen molar-refractivity contribution in [3.63, 3.8) is 0 Å². The Morgan fingerprint density at radius 2 is 2.00 bits per heavy atom. The summed E-state index contributed by atoms with van der Waals surface area (Å²) in [5.74, 6) is 0.0169. The largest absolute Gasteiger partial charge is 0.432 e. The summed E-state index contributed by atoms with van der Waals surface area (Å²) in [7, 11) is 0. The topological polar surface area (TPSA) is 91.3 Å². The van der Waals surface area contributed by atoms with Crippen molar-refractivity contribution in [2.45, 2.75) is 0 Å². The van der Waals surface area contributed by atoms with E-state index in [1.165, 1.54) is 24.3 Å². The van der Waals surface area contributed by atoms with E-state index in [0.29, 0.717) is 5.02 Å². The van der Waals surface area contributed by atoms with Gasteiger partial charge in [-0.05, 0) is 18.2 Å². The molecule has 0 aliphatic heterocycles. The maximum atomic E-state index is 10.9. The zero-order valence-electron chi connectivity index (χ0n) is 9.34. The standard InChI is InChI=1S/C11H7Cl2N3O3/c12-6-1-2-7(13)9(5-6)19-11-8(16(17)18)3-4-10(14)15-11/h1-5H,(H2,14,15). The molecule has 0 aliphatic rings. The number of halogens is 2. The maximum absolute atomic E-state index is 10.9. The number of nitrogen functional groups attached to an aromatic ring is 1. The monoisotopic (exact) mass is 299 g/mol. The highest BCUT2D eigenvalue weighted by atomic mass is 35.5. The van der Waals surface area contributed by atoms with E-state index in [1.54, 1.807) is 6.07 Å². The predicted octanol–water partition coefficient (Wildman–Crippen LogP) is 3.67. The van der Waals surface area contributed by atoms with Crippen molar-refractivity contribution < 1.29 is 9.66 Å². The van der Waals surface area contributed by atoms with Gasteiger partial charge in [0.2, 0.25) is 0 Å².